The van der Waals surface area contributed by atoms with Crippen molar-refractivity contribution < 1.29 is 9.84 Å². The Bertz CT molecular complexity index is 505. The van der Waals surface area contributed by atoms with E-state index in [0.29, 0.717) is 6.04 Å². The molecule has 0 bridgehead atoms. The summed E-state index contributed by atoms with van der Waals surface area (Å²) in [7, 11) is 1.72. The highest BCUT2D eigenvalue weighted by Gasteiger charge is 2.25. The van der Waals surface area contributed by atoms with Gasteiger partial charge in [0.25, 0.3) is 0 Å². The van der Waals surface area contributed by atoms with Crippen LogP contribution in [0.5, 0.6) is 5.75 Å². The molecule has 5 heteroatoms. The molecular formula is C17H29N3O2. The summed E-state index contributed by atoms with van der Waals surface area (Å²) in [6, 6.07) is 0.455. The van der Waals surface area contributed by atoms with Crippen molar-refractivity contribution in [3.8, 4) is 5.75 Å². The van der Waals surface area contributed by atoms with Crippen LogP contribution in [0.4, 0.5) is 0 Å². The van der Waals surface area contributed by atoms with Crippen molar-refractivity contribution in [2.75, 3.05) is 33.3 Å². The van der Waals surface area contributed by atoms with Gasteiger partial charge in [-0.25, -0.2) is 0 Å². The maximum absolute atomic E-state index is 9.56. The molecule has 0 amide bonds. The van der Waals surface area contributed by atoms with Crippen molar-refractivity contribution in [2.24, 2.45) is 0 Å². The zero-order valence-electron chi connectivity index (χ0n) is 14.5. The summed E-state index contributed by atoms with van der Waals surface area (Å²) in [6.07, 6.45) is 1.63. The second kappa shape index (κ2) is 7.40. The smallest absolute Gasteiger partial charge is 0.128 e. The topological polar surface area (TPSA) is 48.8 Å². The Kier molecular flexibility index (Phi) is 5.78. The summed E-state index contributed by atoms with van der Waals surface area (Å²) in [5, 5.41) is 9.56. The predicted octanol–water partition coefficient (Wildman–Crippen LogP) is 1.59. The van der Waals surface area contributed by atoms with Crippen LogP contribution in [0.1, 0.15) is 30.7 Å². The number of ether oxygens (including phenoxy) is 1. The number of methoxy groups -OCH3 is 1. The van der Waals surface area contributed by atoms with E-state index in [1.165, 1.54) is 0 Å². The van der Waals surface area contributed by atoms with Gasteiger partial charge in [-0.3, -0.25) is 14.8 Å². The molecule has 22 heavy (non-hydrogen) atoms. The van der Waals surface area contributed by atoms with E-state index in [1.807, 2.05) is 20.0 Å². The van der Waals surface area contributed by atoms with Crippen LogP contribution < -0.4 is 4.74 Å². The number of hydrogen-bond acceptors (Lipinski definition) is 5. The lowest BCUT2D eigenvalue weighted by atomic mass is 10.1. The Hall–Kier alpha value is -1.17. The molecule has 0 unspecified atom stereocenters. The highest BCUT2D eigenvalue weighted by Crippen LogP contribution is 2.25. The maximum atomic E-state index is 9.56. The zero-order chi connectivity index (χ0) is 16.3. The largest absolute Gasteiger partial charge is 0.496 e. The number of piperazine rings is 1. The van der Waals surface area contributed by atoms with Crippen molar-refractivity contribution >= 4 is 0 Å². The van der Waals surface area contributed by atoms with Gasteiger partial charge < -0.3 is 9.84 Å². The second-order valence-electron chi connectivity index (χ2n) is 6.47. The molecule has 2 heterocycles. The minimum Gasteiger partial charge on any atom is -0.496 e. The lowest BCUT2D eigenvalue weighted by Crippen LogP contribution is -2.53. The van der Waals surface area contributed by atoms with Crippen LogP contribution in [-0.2, 0) is 6.54 Å². The molecule has 1 fully saturated rings. The monoisotopic (exact) mass is 307 g/mol. The molecule has 1 saturated heterocycles. The maximum Gasteiger partial charge on any atom is 0.128 e. The van der Waals surface area contributed by atoms with Gasteiger partial charge >= 0.3 is 0 Å². The Morgan fingerprint density at radius 3 is 2.73 bits per heavy atom. The van der Waals surface area contributed by atoms with Crippen molar-refractivity contribution in [2.45, 2.75) is 46.4 Å². The van der Waals surface area contributed by atoms with Crippen LogP contribution in [0.3, 0.4) is 0 Å². The summed E-state index contributed by atoms with van der Waals surface area (Å²) < 4.78 is 5.49. The number of aliphatic hydroxyl groups excluding tert-OH is 1. The molecule has 124 valence electrons. The van der Waals surface area contributed by atoms with Crippen LogP contribution in [-0.4, -0.2) is 65.3 Å². The molecule has 1 aromatic heterocycles. The molecule has 0 aliphatic carbocycles. The summed E-state index contributed by atoms with van der Waals surface area (Å²) >= 11 is 0. The van der Waals surface area contributed by atoms with Crippen LogP contribution in [0.25, 0.3) is 0 Å². The van der Waals surface area contributed by atoms with Gasteiger partial charge in [-0.15, -0.1) is 0 Å². The van der Waals surface area contributed by atoms with Gasteiger partial charge in [-0.05, 0) is 27.7 Å². The number of nitrogens with zero attached hydrogens (tertiary/aromatic N) is 3. The molecule has 5 nitrogen and oxygen atoms in total. The number of hydrogen-bond donors (Lipinski definition) is 1. The third kappa shape index (κ3) is 3.97. The first-order valence-electron chi connectivity index (χ1n) is 8.06. The SMILES string of the molecule is COc1c(C)cnc(CN2CCN(C[C@H](C)O)[C@H](C)C2)c1C. The van der Waals surface area contributed by atoms with Crippen LogP contribution in [0, 0.1) is 13.8 Å². The average Bonchev–Trinajstić information content (AvgIpc) is 2.45. The fourth-order valence-corrected chi connectivity index (χ4v) is 3.27. The van der Waals surface area contributed by atoms with E-state index in [9.17, 15) is 5.11 Å². The first kappa shape index (κ1) is 17.2. The molecule has 1 aliphatic rings. The molecule has 2 rings (SSSR count). The standard InChI is InChI=1S/C17H29N3O2/c1-12-8-18-16(15(4)17(12)22-5)11-19-6-7-20(10-14(3)21)13(2)9-19/h8,13-14,21H,6-7,9-11H2,1-5H3/t13-,14+/m1/s1. The van der Waals surface area contributed by atoms with Crippen LogP contribution in [0.2, 0.25) is 0 Å². The molecular weight excluding hydrogens is 278 g/mol. The first-order valence-corrected chi connectivity index (χ1v) is 8.06. The van der Waals surface area contributed by atoms with Gasteiger partial charge in [0.1, 0.15) is 5.75 Å². The molecule has 2 atom stereocenters. The number of aliphatic hydroxyl groups is 1. The van der Waals surface area contributed by atoms with E-state index in [1.54, 1.807) is 7.11 Å². The van der Waals surface area contributed by atoms with Gasteiger partial charge in [0, 0.05) is 56.1 Å². The van der Waals surface area contributed by atoms with Gasteiger partial charge in [0.15, 0.2) is 0 Å². The summed E-state index contributed by atoms with van der Waals surface area (Å²) in [6.45, 7) is 12.8. The Labute approximate surface area is 133 Å². The van der Waals surface area contributed by atoms with E-state index in [0.717, 1.165) is 55.3 Å². The lowest BCUT2D eigenvalue weighted by Gasteiger charge is -2.40. The van der Waals surface area contributed by atoms with Gasteiger partial charge in [0.05, 0.1) is 18.9 Å². The van der Waals surface area contributed by atoms with E-state index in [4.69, 9.17) is 4.74 Å². The summed E-state index contributed by atoms with van der Waals surface area (Å²) in [4.78, 5) is 9.39. The normalized spacial score (nSPS) is 21.8. The fraction of sp³-hybridized carbons (Fsp3) is 0.706. The number of aromatic nitrogens is 1. The van der Waals surface area contributed by atoms with Crippen LogP contribution in [0.15, 0.2) is 6.20 Å². The Morgan fingerprint density at radius 2 is 2.14 bits per heavy atom. The summed E-state index contributed by atoms with van der Waals surface area (Å²) in [5.41, 5.74) is 3.32. The summed E-state index contributed by atoms with van der Waals surface area (Å²) in [5.74, 6) is 0.950. The second-order valence-corrected chi connectivity index (χ2v) is 6.47. The van der Waals surface area contributed by atoms with E-state index in [-0.39, 0.29) is 6.10 Å². The van der Waals surface area contributed by atoms with E-state index < -0.39 is 0 Å². The molecule has 1 aromatic rings. The Morgan fingerprint density at radius 1 is 1.41 bits per heavy atom. The predicted molar refractivity (Wildman–Crippen MR) is 88.3 cm³/mol. The van der Waals surface area contributed by atoms with Crippen molar-refractivity contribution in [1.29, 1.82) is 0 Å². The highest BCUT2D eigenvalue weighted by molar-refractivity contribution is 5.41. The molecule has 0 spiro atoms. The van der Waals surface area contributed by atoms with E-state index >= 15 is 0 Å². The number of β-amino-alcohol motifs (C(OH)–C–C–N with tert-alkyl or cyclic N) is 1. The molecule has 0 aromatic carbocycles. The van der Waals surface area contributed by atoms with Crippen molar-refractivity contribution in [3.63, 3.8) is 0 Å². The molecule has 1 aliphatic heterocycles. The third-order valence-electron chi connectivity index (χ3n) is 4.47. The first-order chi connectivity index (χ1) is 10.4. The number of rotatable bonds is 5. The fourth-order valence-electron chi connectivity index (χ4n) is 3.27. The molecule has 1 N–H and O–H groups in total. The minimum absolute atomic E-state index is 0.265. The third-order valence-corrected chi connectivity index (χ3v) is 4.47. The van der Waals surface area contributed by atoms with Gasteiger partial charge in [-0.2, -0.15) is 0 Å². The van der Waals surface area contributed by atoms with Gasteiger partial charge in [-0.1, -0.05) is 0 Å². The number of aryl methyl sites for hydroxylation is 1. The zero-order valence-corrected chi connectivity index (χ0v) is 14.5. The van der Waals surface area contributed by atoms with Crippen LogP contribution >= 0.6 is 0 Å². The number of pyridine rings is 1. The Balaban J connectivity index is 2.01. The average molecular weight is 307 g/mol. The highest BCUT2D eigenvalue weighted by atomic mass is 16.5. The lowest BCUT2D eigenvalue weighted by molar-refractivity contribution is 0.0417. The quantitative estimate of drug-likeness (QED) is 0.895. The minimum atomic E-state index is -0.265. The molecule has 0 radical (unpaired) electrons. The van der Waals surface area contributed by atoms with Crippen molar-refractivity contribution in [1.82, 2.24) is 14.8 Å². The van der Waals surface area contributed by atoms with Crippen molar-refractivity contribution in [3.05, 3.63) is 23.0 Å². The van der Waals surface area contributed by atoms with E-state index in [2.05, 4.69) is 28.6 Å². The van der Waals surface area contributed by atoms with Gasteiger partial charge in [0.2, 0.25) is 0 Å². The molecule has 0 saturated carbocycles.